The summed E-state index contributed by atoms with van der Waals surface area (Å²) in [6.07, 6.45) is 2.60. The zero-order valence-electron chi connectivity index (χ0n) is 12.2. The van der Waals surface area contributed by atoms with Crippen LogP contribution in [0.15, 0.2) is 36.5 Å². The molecule has 0 atom stereocenters. The van der Waals surface area contributed by atoms with Crippen molar-refractivity contribution in [3.63, 3.8) is 0 Å². The van der Waals surface area contributed by atoms with Gasteiger partial charge in [-0.1, -0.05) is 45.0 Å². The topological polar surface area (TPSA) is 38.9 Å². The maximum absolute atomic E-state index is 5.96. The van der Waals surface area contributed by atoms with Crippen molar-refractivity contribution >= 4 is 5.82 Å². The lowest BCUT2D eigenvalue weighted by Gasteiger charge is -2.19. The molecule has 100 valence electrons. The van der Waals surface area contributed by atoms with Crippen molar-refractivity contribution < 1.29 is 0 Å². The number of pyridine rings is 1. The van der Waals surface area contributed by atoms with Gasteiger partial charge in [0, 0.05) is 18.2 Å². The number of aromatic nitrogens is 1. The summed E-state index contributed by atoms with van der Waals surface area (Å²) in [5.74, 6) is 0.639. The Hall–Kier alpha value is -1.83. The van der Waals surface area contributed by atoms with Crippen LogP contribution < -0.4 is 5.73 Å². The molecule has 1 aromatic carbocycles. The van der Waals surface area contributed by atoms with Gasteiger partial charge in [-0.15, -0.1) is 0 Å². The highest BCUT2D eigenvalue weighted by Crippen LogP contribution is 2.24. The molecular formula is C17H22N2. The Balaban J connectivity index is 2.25. The van der Waals surface area contributed by atoms with E-state index < -0.39 is 0 Å². The van der Waals surface area contributed by atoms with E-state index in [2.05, 4.69) is 56.9 Å². The lowest BCUT2D eigenvalue weighted by atomic mass is 9.86. The van der Waals surface area contributed by atoms with E-state index in [0.717, 1.165) is 12.0 Å². The summed E-state index contributed by atoms with van der Waals surface area (Å²) < 4.78 is 0. The van der Waals surface area contributed by atoms with Crippen molar-refractivity contribution in [3.8, 4) is 0 Å². The van der Waals surface area contributed by atoms with E-state index >= 15 is 0 Å². The van der Waals surface area contributed by atoms with Crippen molar-refractivity contribution in [2.75, 3.05) is 5.73 Å². The van der Waals surface area contributed by atoms with Gasteiger partial charge in [0.1, 0.15) is 5.82 Å². The van der Waals surface area contributed by atoms with Crippen LogP contribution >= 0.6 is 0 Å². The summed E-state index contributed by atoms with van der Waals surface area (Å²) in [5, 5.41) is 0. The smallest absolute Gasteiger partial charge is 0.127 e. The van der Waals surface area contributed by atoms with Gasteiger partial charge in [0.25, 0.3) is 0 Å². The Kier molecular flexibility index (Phi) is 3.61. The van der Waals surface area contributed by atoms with Gasteiger partial charge in [-0.3, -0.25) is 0 Å². The summed E-state index contributed by atoms with van der Waals surface area (Å²) in [6.45, 7) is 8.76. The maximum Gasteiger partial charge on any atom is 0.127 e. The summed E-state index contributed by atoms with van der Waals surface area (Å²) >= 11 is 0. The molecule has 0 saturated carbocycles. The Morgan fingerprint density at radius 2 is 1.68 bits per heavy atom. The van der Waals surface area contributed by atoms with Gasteiger partial charge >= 0.3 is 0 Å². The Labute approximate surface area is 115 Å². The van der Waals surface area contributed by atoms with Gasteiger partial charge in [0.2, 0.25) is 0 Å². The van der Waals surface area contributed by atoms with Crippen molar-refractivity contribution in [1.29, 1.82) is 0 Å². The van der Waals surface area contributed by atoms with Crippen LogP contribution in [-0.2, 0) is 11.8 Å². The van der Waals surface area contributed by atoms with Crippen molar-refractivity contribution in [3.05, 3.63) is 58.8 Å². The molecule has 0 radical (unpaired) electrons. The predicted molar refractivity (Wildman–Crippen MR) is 81.3 cm³/mol. The second-order valence-corrected chi connectivity index (χ2v) is 6.12. The first-order valence-corrected chi connectivity index (χ1v) is 6.67. The van der Waals surface area contributed by atoms with Crippen LogP contribution in [0.4, 0.5) is 5.82 Å². The maximum atomic E-state index is 5.96. The second-order valence-electron chi connectivity index (χ2n) is 6.12. The number of aryl methyl sites for hydroxylation is 1. The van der Waals surface area contributed by atoms with Crippen LogP contribution in [0.5, 0.6) is 0 Å². The van der Waals surface area contributed by atoms with E-state index in [9.17, 15) is 0 Å². The molecule has 0 fully saturated rings. The molecule has 1 aromatic heterocycles. The number of rotatable bonds is 2. The van der Waals surface area contributed by atoms with E-state index in [4.69, 9.17) is 5.73 Å². The predicted octanol–water partition coefficient (Wildman–Crippen LogP) is 3.86. The quantitative estimate of drug-likeness (QED) is 0.883. The average molecular weight is 254 g/mol. The molecule has 0 aliphatic heterocycles. The molecule has 2 N–H and O–H groups in total. The number of nitrogen functional groups attached to an aromatic ring is 1. The van der Waals surface area contributed by atoms with Crippen molar-refractivity contribution in [2.45, 2.75) is 39.5 Å². The molecule has 0 saturated heterocycles. The fraction of sp³-hybridized carbons (Fsp3) is 0.353. The van der Waals surface area contributed by atoms with Gasteiger partial charge in [0.15, 0.2) is 0 Å². The fourth-order valence-corrected chi connectivity index (χ4v) is 2.17. The summed E-state index contributed by atoms with van der Waals surface area (Å²) in [5.41, 5.74) is 11.1. The molecule has 0 aliphatic carbocycles. The van der Waals surface area contributed by atoms with Gasteiger partial charge < -0.3 is 5.73 Å². The first kappa shape index (κ1) is 13.6. The monoisotopic (exact) mass is 254 g/mol. The first-order valence-electron chi connectivity index (χ1n) is 6.67. The molecule has 2 nitrogen and oxygen atoms in total. The largest absolute Gasteiger partial charge is 0.383 e. The normalized spacial score (nSPS) is 11.6. The number of benzene rings is 1. The van der Waals surface area contributed by atoms with E-state index in [1.807, 2.05) is 6.07 Å². The van der Waals surface area contributed by atoms with E-state index in [0.29, 0.717) is 5.82 Å². The molecule has 0 amide bonds. The molecule has 0 aliphatic rings. The zero-order chi connectivity index (χ0) is 14.0. The molecule has 0 spiro atoms. The third kappa shape index (κ3) is 3.14. The minimum atomic E-state index is 0.196. The third-order valence-corrected chi connectivity index (χ3v) is 3.52. The number of nitrogens with two attached hydrogens (primary N) is 1. The number of hydrogen-bond acceptors (Lipinski definition) is 2. The number of nitrogens with zero attached hydrogens (tertiary/aromatic N) is 1. The fourth-order valence-electron chi connectivity index (χ4n) is 2.17. The molecule has 2 heteroatoms. The molecule has 0 bridgehead atoms. The van der Waals surface area contributed by atoms with Gasteiger partial charge in [-0.05, 0) is 35.1 Å². The average Bonchev–Trinajstić information content (AvgIpc) is 2.33. The van der Waals surface area contributed by atoms with Crippen LogP contribution in [0.1, 0.15) is 43.0 Å². The van der Waals surface area contributed by atoms with Gasteiger partial charge in [-0.25, -0.2) is 4.98 Å². The Morgan fingerprint density at radius 1 is 1.05 bits per heavy atom. The van der Waals surface area contributed by atoms with Crippen molar-refractivity contribution in [1.82, 2.24) is 4.98 Å². The van der Waals surface area contributed by atoms with Crippen LogP contribution in [0.25, 0.3) is 0 Å². The minimum absolute atomic E-state index is 0.196. The molecule has 19 heavy (non-hydrogen) atoms. The van der Waals surface area contributed by atoms with Crippen molar-refractivity contribution in [2.24, 2.45) is 0 Å². The molecule has 2 rings (SSSR count). The first-order chi connectivity index (χ1) is 8.88. The Bertz CT molecular complexity index is 543. The summed E-state index contributed by atoms with van der Waals surface area (Å²) in [6, 6.07) is 10.8. The van der Waals surface area contributed by atoms with Gasteiger partial charge in [-0.2, -0.15) is 0 Å². The molecule has 2 aromatic rings. The van der Waals surface area contributed by atoms with E-state index in [-0.39, 0.29) is 5.41 Å². The van der Waals surface area contributed by atoms with Crippen LogP contribution in [0.3, 0.4) is 0 Å². The lowest BCUT2D eigenvalue weighted by Crippen LogP contribution is -2.10. The SMILES string of the molecule is Cc1ccnc(N)c1Cc1ccc(C(C)(C)C)cc1. The summed E-state index contributed by atoms with van der Waals surface area (Å²) in [4.78, 5) is 4.17. The molecule has 0 unspecified atom stereocenters. The van der Waals surface area contributed by atoms with Crippen LogP contribution in [-0.4, -0.2) is 4.98 Å². The second kappa shape index (κ2) is 5.04. The van der Waals surface area contributed by atoms with E-state index in [1.54, 1.807) is 6.20 Å². The van der Waals surface area contributed by atoms with Crippen LogP contribution in [0, 0.1) is 6.92 Å². The lowest BCUT2D eigenvalue weighted by molar-refractivity contribution is 0.590. The highest BCUT2D eigenvalue weighted by atomic mass is 14.8. The molecule has 1 heterocycles. The van der Waals surface area contributed by atoms with Gasteiger partial charge in [0.05, 0.1) is 0 Å². The third-order valence-electron chi connectivity index (χ3n) is 3.52. The van der Waals surface area contributed by atoms with E-state index in [1.165, 1.54) is 16.7 Å². The zero-order valence-corrected chi connectivity index (χ0v) is 12.2. The highest BCUT2D eigenvalue weighted by molar-refractivity contribution is 5.46. The molecular weight excluding hydrogens is 232 g/mol. The Morgan fingerprint density at radius 3 is 2.21 bits per heavy atom. The number of hydrogen-bond donors (Lipinski definition) is 1. The standard InChI is InChI=1S/C17H22N2/c1-12-9-10-19-16(18)15(12)11-13-5-7-14(8-6-13)17(2,3)4/h5-10H,11H2,1-4H3,(H2,18,19). The number of anilines is 1. The highest BCUT2D eigenvalue weighted by Gasteiger charge is 2.13. The summed E-state index contributed by atoms with van der Waals surface area (Å²) in [7, 11) is 0. The van der Waals surface area contributed by atoms with Crippen LogP contribution in [0.2, 0.25) is 0 Å². The minimum Gasteiger partial charge on any atom is -0.383 e.